The van der Waals surface area contributed by atoms with E-state index < -0.39 is 11.7 Å². The molecule has 1 aliphatic heterocycles. The average molecular weight is 514 g/mol. The van der Waals surface area contributed by atoms with Crippen LogP contribution in [0.1, 0.15) is 40.9 Å². The van der Waals surface area contributed by atoms with Gasteiger partial charge in [0, 0.05) is 44.5 Å². The van der Waals surface area contributed by atoms with Crippen LogP contribution in [0.2, 0.25) is 0 Å². The third-order valence-electron chi connectivity index (χ3n) is 6.07. The van der Waals surface area contributed by atoms with Crippen molar-refractivity contribution < 1.29 is 27.4 Å². The Balaban J connectivity index is 1.30. The number of benzene rings is 2. The Morgan fingerprint density at radius 2 is 1.68 bits per heavy atom. The minimum atomic E-state index is -4.41. The molecule has 37 heavy (non-hydrogen) atoms. The van der Waals surface area contributed by atoms with E-state index in [0.717, 1.165) is 44.4 Å². The number of aromatic nitrogens is 1. The summed E-state index contributed by atoms with van der Waals surface area (Å²) >= 11 is 0. The van der Waals surface area contributed by atoms with E-state index in [4.69, 9.17) is 9.47 Å². The fourth-order valence-corrected chi connectivity index (χ4v) is 4.24. The van der Waals surface area contributed by atoms with E-state index >= 15 is 0 Å². The number of hydrogen-bond acceptors (Lipinski definition) is 6. The predicted octanol–water partition coefficient (Wildman–Crippen LogP) is 5.57. The smallest absolute Gasteiger partial charge is 0.416 e. The molecular weight excluding hydrogens is 483 g/mol. The zero-order chi connectivity index (χ0) is 26.4. The van der Waals surface area contributed by atoms with Gasteiger partial charge in [0.2, 0.25) is 0 Å². The van der Waals surface area contributed by atoms with Crippen LogP contribution in [-0.2, 0) is 24.1 Å². The number of carbonyl (C=O) groups is 1. The molecule has 0 saturated carbocycles. The van der Waals surface area contributed by atoms with Crippen molar-refractivity contribution in [2.75, 3.05) is 31.1 Å². The van der Waals surface area contributed by atoms with Gasteiger partial charge in [0.25, 0.3) is 0 Å². The van der Waals surface area contributed by atoms with Crippen molar-refractivity contribution in [2.24, 2.45) is 0 Å². The second kappa shape index (κ2) is 11.6. The molecule has 0 amide bonds. The largest absolute Gasteiger partial charge is 0.489 e. The van der Waals surface area contributed by atoms with Crippen LogP contribution in [0, 0.1) is 0 Å². The molecule has 1 aliphatic rings. The molecule has 9 heteroatoms. The van der Waals surface area contributed by atoms with Gasteiger partial charge in [-0.25, -0.2) is 9.78 Å². The highest BCUT2D eigenvalue weighted by Crippen LogP contribution is 2.32. The molecule has 196 valence electrons. The first kappa shape index (κ1) is 26.5. The lowest BCUT2D eigenvalue weighted by atomic mass is 10.1. The van der Waals surface area contributed by atoms with Gasteiger partial charge in [-0.1, -0.05) is 30.3 Å². The molecule has 1 fully saturated rings. The first-order valence-electron chi connectivity index (χ1n) is 12.2. The third-order valence-corrected chi connectivity index (χ3v) is 6.07. The third kappa shape index (κ3) is 7.01. The molecule has 0 aliphatic carbocycles. The summed E-state index contributed by atoms with van der Waals surface area (Å²) < 4.78 is 50.5. The Morgan fingerprint density at radius 1 is 0.973 bits per heavy atom. The fraction of sp³-hybridized carbons (Fsp3) is 0.357. The van der Waals surface area contributed by atoms with Crippen LogP contribution < -0.4 is 9.64 Å². The molecule has 0 atom stereocenters. The maximum Gasteiger partial charge on any atom is 0.416 e. The van der Waals surface area contributed by atoms with Crippen LogP contribution >= 0.6 is 0 Å². The summed E-state index contributed by atoms with van der Waals surface area (Å²) in [5.74, 6) is 0.785. The zero-order valence-electron chi connectivity index (χ0n) is 20.9. The van der Waals surface area contributed by atoms with E-state index in [0.29, 0.717) is 17.1 Å². The molecular formula is C28H30F3N3O3. The van der Waals surface area contributed by atoms with Gasteiger partial charge >= 0.3 is 12.1 Å². The first-order chi connectivity index (χ1) is 17.7. The number of pyridine rings is 1. The van der Waals surface area contributed by atoms with Crippen LogP contribution in [0.5, 0.6) is 5.75 Å². The number of anilines is 1. The lowest BCUT2D eigenvalue weighted by Crippen LogP contribution is -2.46. The summed E-state index contributed by atoms with van der Waals surface area (Å²) in [5.41, 5.74) is 0.972. The molecule has 0 spiro atoms. The van der Waals surface area contributed by atoms with Crippen molar-refractivity contribution in [3.8, 4) is 5.75 Å². The lowest BCUT2D eigenvalue weighted by Gasteiger charge is -2.36. The number of alkyl halides is 3. The van der Waals surface area contributed by atoms with Crippen molar-refractivity contribution in [2.45, 2.75) is 39.3 Å². The van der Waals surface area contributed by atoms with Crippen LogP contribution in [-0.4, -0.2) is 48.1 Å². The zero-order valence-corrected chi connectivity index (χ0v) is 20.9. The molecule has 0 radical (unpaired) electrons. The summed E-state index contributed by atoms with van der Waals surface area (Å²) in [4.78, 5) is 21.3. The maximum atomic E-state index is 13.2. The summed E-state index contributed by atoms with van der Waals surface area (Å²) in [6.45, 7) is 7.24. The summed E-state index contributed by atoms with van der Waals surface area (Å²) in [7, 11) is 0. The minimum Gasteiger partial charge on any atom is -0.489 e. The molecule has 2 heterocycles. The van der Waals surface area contributed by atoms with Crippen LogP contribution in [0.25, 0.3) is 0 Å². The number of nitrogens with zero attached hydrogens (tertiary/aromatic N) is 3. The highest BCUT2D eigenvalue weighted by molar-refractivity contribution is 5.94. The Hall–Kier alpha value is -3.59. The Kier molecular flexibility index (Phi) is 8.33. The Labute approximate surface area is 214 Å². The summed E-state index contributed by atoms with van der Waals surface area (Å²) in [5, 5.41) is 0. The first-order valence-corrected chi connectivity index (χ1v) is 12.2. The topological polar surface area (TPSA) is 54.9 Å². The SMILES string of the molecule is CC(C)OC(=O)c1cccnc1N1CCN(Cc2ccc(OCc3ccccc3C(F)(F)F)cc2)CC1. The fourth-order valence-electron chi connectivity index (χ4n) is 4.24. The van der Waals surface area contributed by atoms with E-state index in [1.165, 1.54) is 12.1 Å². The number of esters is 1. The van der Waals surface area contributed by atoms with Gasteiger partial charge in [-0.2, -0.15) is 13.2 Å². The van der Waals surface area contributed by atoms with Gasteiger partial charge in [0.1, 0.15) is 23.7 Å². The van der Waals surface area contributed by atoms with Gasteiger partial charge in [-0.05, 0) is 49.7 Å². The molecule has 1 aromatic heterocycles. The Morgan fingerprint density at radius 3 is 2.35 bits per heavy atom. The minimum absolute atomic E-state index is 0.102. The number of carbonyl (C=O) groups excluding carboxylic acids is 1. The predicted molar refractivity (Wildman–Crippen MR) is 134 cm³/mol. The molecule has 3 aromatic rings. The highest BCUT2D eigenvalue weighted by Gasteiger charge is 2.33. The monoisotopic (exact) mass is 513 g/mol. The van der Waals surface area contributed by atoms with E-state index in [9.17, 15) is 18.0 Å². The second-order valence-corrected chi connectivity index (χ2v) is 9.18. The number of rotatable bonds is 8. The van der Waals surface area contributed by atoms with E-state index in [2.05, 4.69) is 14.8 Å². The highest BCUT2D eigenvalue weighted by atomic mass is 19.4. The normalized spacial score (nSPS) is 14.6. The number of hydrogen-bond donors (Lipinski definition) is 0. The van der Waals surface area contributed by atoms with Gasteiger partial charge < -0.3 is 14.4 Å². The second-order valence-electron chi connectivity index (χ2n) is 9.18. The van der Waals surface area contributed by atoms with Gasteiger partial charge in [0.05, 0.1) is 11.7 Å². The maximum absolute atomic E-state index is 13.2. The van der Waals surface area contributed by atoms with Crippen LogP contribution in [0.15, 0.2) is 66.9 Å². The molecule has 0 unspecified atom stereocenters. The van der Waals surface area contributed by atoms with Crippen molar-refractivity contribution >= 4 is 11.8 Å². The quantitative estimate of drug-likeness (QED) is 0.368. The lowest BCUT2D eigenvalue weighted by molar-refractivity contribution is -0.138. The molecule has 1 saturated heterocycles. The molecule has 2 aromatic carbocycles. The number of halogens is 3. The molecule has 0 bridgehead atoms. The molecule has 6 nitrogen and oxygen atoms in total. The van der Waals surface area contributed by atoms with Crippen molar-refractivity contribution in [1.82, 2.24) is 9.88 Å². The van der Waals surface area contributed by atoms with Crippen LogP contribution in [0.3, 0.4) is 0 Å². The Bertz CT molecular complexity index is 1190. The van der Waals surface area contributed by atoms with Crippen molar-refractivity contribution in [3.05, 3.63) is 89.1 Å². The van der Waals surface area contributed by atoms with Crippen molar-refractivity contribution in [3.63, 3.8) is 0 Å². The average Bonchev–Trinajstić information content (AvgIpc) is 2.88. The van der Waals surface area contributed by atoms with Gasteiger partial charge in [0.15, 0.2) is 0 Å². The number of piperazine rings is 1. The van der Waals surface area contributed by atoms with E-state index in [1.807, 2.05) is 26.0 Å². The summed E-state index contributed by atoms with van der Waals surface area (Å²) in [6, 6.07) is 16.3. The summed E-state index contributed by atoms with van der Waals surface area (Å²) in [6.07, 6.45) is -2.94. The number of ether oxygens (including phenoxy) is 2. The van der Waals surface area contributed by atoms with E-state index in [1.54, 1.807) is 36.5 Å². The standard InChI is InChI=1S/C28H30F3N3O3/c1-20(2)37-27(35)24-7-5-13-32-26(24)34-16-14-33(15-17-34)18-21-9-11-23(12-10-21)36-19-22-6-3-4-8-25(22)28(29,30)31/h3-13,20H,14-19H2,1-2H3. The van der Waals surface area contributed by atoms with Crippen LogP contribution in [0.4, 0.5) is 19.0 Å². The van der Waals surface area contributed by atoms with Crippen molar-refractivity contribution in [1.29, 1.82) is 0 Å². The van der Waals surface area contributed by atoms with Gasteiger partial charge in [-0.3, -0.25) is 4.90 Å². The molecule has 4 rings (SSSR count). The van der Waals surface area contributed by atoms with Gasteiger partial charge in [-0.15, -0.1) is 0 Å². The molecule has 0 N–H and O–H groups in total. The van der Waals surface area contributed by atoms with E-state index in [-0.39, 0.29) is 24.2 Å².